The lowest BCUT2D eigenvalue weighted by Crippen LogP contribution is -2.42. The number of aromatic nitrogens is 3. The minimum absolute atomic E-state index is 0.247. The molecule has 37 heavy (non-hydrogen) atoms. The number of carboxylic acid groups (broad SMARTS) is 1. The van der Waals surface area contributed by atoms with E-state index in [2.05, 4.69) is 9.98 Å². The Kier molecular flexibility index (Phi) is 6.63. The monoisotopic (exact) mass is 500 g/mol. The number of benzene rings is 2. The number of para-hydroxylation sites is 1. The van der Waals surface area contributed by atoms with Crippen LogP contribution in [0.15, 0.2) is 76.6 Å². The van der Waals surface area contributed by atoms with Crippen LogP contribution in [0.25, 0.3) is 16.7 Å². The number of amides is 1. The summed E-state index contributed by atoms with van der Waals surface area (Å²) in [6, 6.07) is 18.2. The molecule has 0 spiro atoms. The van der Waals surface area contributed by atoms with Gasteiger partial charge in [-0.1, -0.05) is 18.2 Å². The number of likely N-dealkylation sites (tertiary alicyclic amines) is 1. The molecule has 5 rings (SSSR count). The lowest BCUT2D eigenvalue weighted by atomic mass is 10.1. The molecule has 190 valence electrons. The first kappa shape index (κ1) is 24.1. The van der Waals surface area contributed by atoms with Crippen molar-refractivity contribution in [1.29, 1.82) is 0 Å². The lowest BCUT2D eigenvalue weighted by molar-refractivity contribution is 0.121. The van der Waals surface area contributed by atoms with Crippen molar-refractivity contribution in [3.8, 4) is 17.2 Å². The maximum atomic E-state index is 14.0. The first-order chi connectivity index (χ1) is 17.9. The SMILES string of the molecule is CN(C)/C=N/c1nccc2c1n(-c1ccc(Oc3ccccc3)cc1)c(=O)n2[C@@H]1CCCN(C(=O)O)C1. The minimum Gasteiger partial charge on any atom is -0.465 e. The summed E-state index contributed by atoms with van der Waals surface area (Å²) in [5, 5.41) is 9.55. The molecule has 1 fully saturated rings. The number of pyridine rings is 1. The molecule has 4 aromatic rings. The molecule has 0 bridgehead atoms. The summed E-state index contributed by atoms with van der Waals surface area (Å²) in [5.74, 6) is 1.76. The number of aliphatic imine (C=N–C) groups is 1. The number of piperidine rings is 1. The molecule has 3 heterocycles. The third-order valence-corrected chi connectivity index (χ3v) is 6.28. The van der Waals surface area contributed by atoms with Crippen molar-refractivity contribution in [2.45, 2.75) is 18.9 Å². The number of imidazole rings is 1. The van der Waals surface area contributed by atoms with Crippen molar-refractivity contribution >= 4 is 29.3 Å². The molecule has 1 aliphatic rings. The van der Waals surface area contributed by atoms with E-state index in [1.165, 1.54) is 4.90 Å². The number of fused-ring (bicyclic) bond motifs is 1. The van der Waals surface area contributed by atoms with Crippen LogP contribution in [0.1, 0.15) is 18.9 Å². The Morgan fingerprint density at radius 2 is 1.84 bits per heavy atom. The van der Waals surface area contributed by atoms with Crippen LogP contribution in [0.4, 0.5) is 10.6 Å². The summed E-state index contributed by atoms with van der Waals surface area (Å²) in [4.78, 5) is 37.8. The fourth-order valence-corrected chi connectivity index (χ4v) is 4.63. The van der Waals surface area contributed by atoms with Gasteiger partial charge in [-0.3, -0.25) is 9.13 Å². The molecular formula is C27H28N6O4. The second kappa shape index (κ2) is 10.2. The summed E-state index contributed by atoms with van der Waals surface area (Å²) in [5.41, 5.74) is 1.59. The molecule has 2 aromatic carbocycles. The third-order valence-electron chi connectivity index (χ3n) is 6.28. The number of nitrogens with zero attached hydrogens (tertiary/aromatic N) is 6. The second-order valence-corrected chi connectivity index (χ2v) is 9.13. The summed E-state index contributed by atoms with van der Waals surface area (Å²) < 4.78 is 9.20. The predicted octanol–water partition coefficient (Wildman–Crippen LogP) is 4.52. The zero-order chi connectivity index (χ0) is 25.9. The Hall–Kier alpha value is -4.60. The highest BCUT2D eigenvalue weighted by atomic mass is 16.5. The molecule has 0 saturated carbocycles. The highest BCUT2D eigenvalue weighted by molar-refractivity contribution is 5.88. The zero-order valence-electron chi connectivity index (χ0n) is 20.7. The number of hydrogen-bond donors (Lipinski definition) is 1. The maximum absolute atomic E-state index is 14.0. The largest absolute Gasteiger partial charge is 0.465 e. The molecule has 10 heteroatoms. The Balaban J connectivity index is 1.63. The van der Waals surface area contributed by atoms with Gasteiger partial charge in [0.2, 0.25) is 0 Å². The molecule has 10 nitrogen and oxygen atoms in total. The van der Waals surface area contributed by atoms with Crippen LogP contribution in [0.2, 0.25) is 0 Å². The van der Waals surface area contributed by atoms with Crippen LogP contribution in [-0.2, 0) is 0 Å². The van der Waals surface area contributed by atoms with Gasteiger partial charge >= 0.3 is 11.8 Å². The Labute approximate surface area is 213 Å². The van der Waals surface area contributed by atoms with Gasteiger partial charge in [0.1, 0.15) is 17.0 Å². The van der Waals surface area contributed by atoms with Gasteiger partial charge in [-0.25, -0.2) is 19.6 Å². The summed E-state index contributed by atoms with van der Waals surface area (Å²) in [7, 11) is 3.71. The molecule has 1 aliphatic heterocycles. The number of ether oxygens (including phenoxy) is 1. The Bertz CT molecular complexity index is 1490. The van der Waals surface area contributed by atoms with E-state index in [1.54, 1.807) is 32.6 Å². The molecule has 0 radical (unpaired) electrons. The highest BCUT2D eigenvalue weighted by Crippen LogP contribution is 2.31. The lowest BCUT2D eigenvalue weighted by Gasteiger charge is -2.31. The van der Waals surface area contributed by atoms with Gasteiger partial charge in [0.15, 0.2) is 5.82 Å². The van der Waals surface area contributed by atoms with Gasteiger partial charge in [0, 0.05) is 33.4 Å². The summed E-state index contributed by atoms with van der Waals surface area (Å²) >= 11 is 0. The van der Waals surface area contributed by atoms with Gasteiger partial charge in [0.25, 0.3) is 0 Å². The van der Waals surface area contributed by atoms with Crippen molar-refractivity contribution in [2.24, 2.45) is 4.99 Å². The fourth-order valence-electron chi connectivity index (χ4n) is 4.63. The van der Waals surface area contributed by atoms with E-state index >= 15 is 0 Å². The standard InChI is InChI=1S/C27H28N6O4/c1-30(2)18-29-25-24-23(14-15-28-25)32(20-7-6-16-31(17-20)27(35)36)26(34)33(24)19-10-12-22(13-11-19)37-21-8-4-3-5-9-21/h3-5,8-15,18,20H,6-7,16-17H2,1-2H3,(H,35,36)/b29-18+/t20-/m1/s1. The van der Waals surface area contributed by atoms with Gasteiger partial charge in [-0.15, -0.1) is 0 Å². The van der Waals surface area contributed by atoms with E-state index in [0.29, 0.717) is 53.4 Å². The molecule has 1 N–H and O–H groups in total. The normalized spacial score (nSPS) is 15.8. The van der Waals surface area contributed by atoms with Crippen molar-refractivity contribution in [1.82, 2.24) is 23.9 Å². The highest BCUT2D eigenvalue weighted by Gasteiger charge is 2.29. The van der Waals surface area contributed by atoms with E-state index in [-0.39, 0.29) is 18.3 Å². The van der Waals surface area contributed by atoms with E-state index < -0.39 is 6.09 Å². The van der Waals surface area contributed by atoms with E-state index in [9.17, 15) is 14.7 Å². The molecular weight excluding hydrogens is 472 g/mol. The first-order valence-corrected chi connectivity index (χ1v) is 12.1. The first-order valence-electron chi connectivity index (χ1n) is 12.1. The molecule has 0 aliphatic carbocycles. The quantitative estimate of drug-likeness (QED) is 0.308. The molecule has 0 unspecified atom stereocenters. The van der Waals surface area contributed by atoms with Gasteiger partial charge in [0.05, 0.1) is 23.6 Å². The molecule has 1 saturated heterocycles. The van der Waals surface area contributed by atoms with Crippen LogP contribution >= 0.6 is 0 Å². The van der Waals surface area contributed by atoms with Crippen LogP contribution in [0.3, 0.4) is 0 Å². The van der Waals surface area contributed by atoms with E-state index in [0.717, 1.165) is 0 Å². The topological polar surface area (TPSA) is 105 Å². The average molecular weight is 501 g/mol. The summed E-state index contributed by atoms with van der Waals surface area (Å²) in [6.45, 7) is 0.707. The smallest absolute Gasteiger partial charge is 0.407 e. The van der Waals surface area contributed by atoms with E-state index in [1.807, 2.05) is 68.7 Å². The fraction of sp³-hybridized carbons (Fsp3) is 0.259. The Morgan fingerprint density at radius 1 is 1.11 bits per heavy atom. The van der Waals surface area contributed by atoms with Crippen LogP contribution < -0.4 is 10.4 Å². The number of carbonyl (C=O) groups is 1. The second-order valence-electron chi connectivity index (χ2n) is 9.13. The van der Waals surface area contributed by atoms with Gasteiger partial charge < -0.3 is 19.6 Å². The van der Waals surface area contributed by atoms with Crippen LogP contribution in [0.5, 0.6) is 11.5 Å². The van der Waals surface area contributed by atoms with Crippen LogP contribution in [0, 0.1) is 0 Å². The van der Waals surface area contributed by atoms with E-state index in [4.69, 9.17) is 4.74 Å². The van der Waals surface area contributed by atoms with Gasteiger partial charge in [-0.2, -0.15) is 0 Å². The van der Waals surface area contributed by atoms with Crippen molar-refractivity contribution in [2.75, 3.05) is 27.2 Å². The Morgan fingerprint density at radius 3 is 2.54 bits per heavy atom. The van der Waals surface area contributed by atoms with Gasteiger partial charge in [-0.05, 0) is 55.3 Å². The van der Waals surface area contributed by atoms with Crippen molar-refractivity contribution < 1.29 is 14.6 Å². The predicted molar refractivity (Wildman–Crippen MR) is 142 cm³/mol. The number of hydrogen-bond acceptors (Lipinski definition) is 5. The van der Waals surface area contributed by atoms with Crippen molar-refractivity contribution in [3.63, 3.8) is 0 Å². The van der Waals surface area contributed by atoms with Crippen molar-refractivity contribution in [3.05, 3.63) is 77.3 Å². The maximum Gasteiger partial charge on any atom is 0.407 e. The zero-order valence-corrected chi connectivity index (χ0v) is 20.7. The minimum atomic E-state index is -0.978. The molecule has 2 aromatic heterocycles. The number of rotatable bonds is 6. The summed E-state index contributed by atoms with van der Waals surface area (Å²) in [6.07, 6.45) is 3.66. The average Bonchev–Trinajstić information content (AvgIpc) is 3.20. The van der Waals surface area contributed by atoms with Crippen LogP contribution in [-0.4, -0.2) is 68.6 Å². The third kappa shape index (κ3) is 4.90. The molecule has 1 amide bonds. The molecule has 1 atom stereocenters.